The molecule has 2 N–H and O–H groups in total. The van der Waals surface area contributed by atoms with E-state index in [1.165, 1.54) is 23.5 Å². The molecule has 1 saturated heterocycles. The Morgan fingerprint density at radius 1 is 1.25 bits per heavy atom. The van der Waals surface area contributed by atoms with Gasteiger partial charge in [0.2, 0.25) is 5.95 Å². The number of benzene rings is 1. The number of hydrogen-bond acceptors (Lipinski definition) is 7. The topological polar surface area (TPSA) is 72.0 Å². The first kappa shape index (κ1) is 18.7. The van der Waals surface area contributed by atoms with Gasteiger partial charge in [-0.15, -0.1) is 0 Å². The lowest BCUT2D eigenvalue weighted by Crippen LogP contribution is -2.18. The van der Waals surface area contributed by atoms with Crippen LogP contribution >= 0.6 is 11.3 Å². The zero-order chi connectivity index (χ0) is 19.5. The first-order chi connectivity index (χ1) is 13.6. The zero-order valence-corrected chi connectivity index (χ0v) is 16.0. The predicted octanol–water partition coefficient (Wildman–Crippen LogP) is 4.52. The standard InChI is InChI=1S/C19H19F2N5OS/c1-11-17(28-19(24-11)23-10-13-3-2-8-27-13)16-6-7-22-18(26-16)25-15-5-4-12(20)9-14(15)21/h4-7,9,13H,2-3,8,10H2,1H3,(H,23,24)(H,22,25,26). The van der Waals surface area contributed by atoms with Gasteiger partial charge >= 0.3 is 0 Å². The summed E-state index contributed by atoms with van der Waals surface area (Å²) in [6.45, 7) is 3.46. The van der Waals surface area contributed by atoms with Crippen LogP contribution in [0.1, 0.15) is 18.5 Å². The van der Waals surface area contributed by atoms with E-state index < -0.39 is 11.6 Å². The number of anilines is 3. The first-order valence-corrected chi connectivity index (χ1v) is 9.78. The van der Waals surface area contributed by atoms with E-state index in [0.29, 0.717) is 5.69 Å². The van der Waals surface area contributed by atoms with Crippen molar-refractivity contribution < 1.29 is 13.5 Å². The van der Waals surface area contributed by atoms with Gasteiger partial charge in [-0.3, -0.25) is 0 Å². The highest BCUT2D eigenvalue weighted by molar-refractivity contribution is 7.19. The van der Waals surface area contributed by atoms with Crippen LogP contribution in [0.5, 0.6) is 0 Å². The summed E-state index contributed by atoms with van der Waals surface area (Å²) in [5.41, 5.74) is 1.64. The predicted molar refractivity (Wildman–Crippen MR) is 105 cm³/mol. The minimum Gasteiger partial charge on any atom is -0.376 e. The van der Waals surface area contributed by atoms with Gasteiger partial charge in [-0.25, -0.2) is 23.7 Å². The maximum absolute atomic E-state index is 13.9. The largest absolute Gasteiger partial charge is 0.376 e. The molecule has 0 bridgehead atoms. The van der Waals surface area contributed by atoms with Crippen molar-refractivity contribution in [3.63, 3.8) is 0 Å². The van der Waals surface area contributed by atoms with Crippen molar-refractivity contribution in [2.75, 3.05) is 23.8 Å². The molecule has 3 aromatic rings. The van der Waals surface area contributed by atoms with E-state index in [-0.39, 0.29) is 17.7 Å². The Balaban J connectivity index is 1.50. The molecule has 1 fully saturated rings. The number of nitrogens with zero attached hydrogens (tertiary/aromatic N) is 3. The molecule has 1 atom stereocenters. The molecule has 146 valence electrons. The number of hydrogen-bond donors (Lipinski definition) is 2. The molecule has 0 saturated carbocycles. The molecular weight excluding hydrogens is 384 g/mol. The van der Waals surface area contributed by atoms with Crippen molar-refractivity contribution >= 4 is 28.1 Å². The number of halogens is 2. The first-order valence-electron chi connectivity index (χ1n) is 8.97. The van der Waals surface area contributed by atoms with Gasteiger partial charge in [0.15, 0.2) is 5.13 Å². The smallest absolute Gasteiger partial charge is 0.227 e. The minimum absolute atomic E-state index is 0.110. The molecule has 2 aromatic heterocycles. The van der Waals surface area contributed by atoms with E-state index in [2.05, 4.69) is 25.6 Å². The zero-order valence-electron chi connectivity index (χ0n) is 15.2. The summed E-state index contributed by atoms with van der Waals surface area (Å²) in [4.78, 5) is 14.0. The number of rotatable bonds is 6. The van der Waals surface area contributed by atoms with Crippen LogP contribution < -0.4 is 10.6 Å². The number of ether oxygens (including phenoxy) is 1. The third-order valence-corrected chi connectivity index (χ3v) is 5.51. The summed E-state index contributed by atoms with van der Waals surface area (Å²) < 4.78 is 32.5. The van der Waals surface area contributed by atoms with Gasteiger partial charge in [0.1, 0.15) is 11.6 Å². The van der Waals surface area contributed by atoms with Crippen LogP contribution in [0.2, 0.25) is 0 Å². The fraction of sp³-hybridized carbons (Fsp3) is 0.316. The van der Waals surface area contributed by atoms with Crippen LogP contribution in [-0.4, -0.2) is 34.2 Å². The fourth-order valence-electron chi connectivity index (χ4n) is 2.97. The van der Waals surface area contributed by atoms with Gasteiger partial charge in [0.05, 0.1) is 28.1 Å². The van der Waals surface area contributed by atoms with Crippen LogP contribution in [0.4, 0.5) is 25.5 Å². The van der Waals surface area contributed by atoms with Gasteiger partial charge in [-0.1, -0.05) is 11.3 Å². The molecular formula is C19H19F2N5OS. The van der Waals surface area contributed by atoms with Crippen LogP contribution in [0.3, 0.4) is 0 Å². The Morgan fingerprint density at radius 2 is 2.14 bits per heavy atom. The lowest BCUT2D eigenvalue weighted by atomic mass is 10.2. The molecule has 1 aliphatic heterocycles. The minimum atomic E-state index is -0.705. The average Bonchev–Trinajstić information content (AvgIpc) is 3.32. The molecule has 0 spiro atoms. The highest BCUT2D eigenvalue weighted by atomic mass is 32.1. The van der Waals surface area contributed by atoms with E-state index in [1.54, 1.807) is 12.3 Å². The van der Waals surface area contributed by atoms with Crippen molar-refractivity contribution in [1.82, 2.24) is 15.0 Å². The Morgan fingerprint density at radius 3 is 2.93 bits per heavy atom. The number of aromatic nitrogens is 3. The van der Waals surface area contributed by atoms with Gasteiger partial charge in [-0.2, -0.15) is 0 Å². The quantitative estimate of drug-likeness (QED) is 0.631. The average molecular weight is 403 g/mol. The van der Waals surface area contributed by atoms with Gasteiger partial charge in [0, 0.05) is 25.4 Å². The highest BCUT2D eigenvalue weighted by Crippen LogP contribution is 2.32. The van der Waals surface area contributed by atoms with Crippen molar-refractivity contribution in [2.45, 2.75) is 25.9 Å². The van der Waals surface area contributed by atoms with Crippen LogP contribution in [-0.2, 0) is 4.74 Å². The molecule has 9 heteroatoms. The summed E-state index contributed by atoms with van der Waals surface area (Å²) in [5, 5.41) is 6.92. The molecule has 3 heterocycles. The molecule has 0 aliphatic carbocycles. The van der Waals surface area contributed by atoms with Gasteiger partial charge in [0.25, 0.3) is 0 Å². The lowest BCUT2D eigenvalue weighted by Gasteiger charge is -2.09. The molecule has 1 unspecified atom stereocenters. The van der Waals surface area contributed by atoms with E-state index in [1.807, 2.05) is 6.92 Å². The Kier molecular flexibility index (Phi) is 5.45. The van der Waals surface area contributed by atoms with E-state index >= 15 is 0 Å². The molecule has 0 radical (unpaired) electrons. The maximum Gasteiger partial charge on any atom is 0.227 e. The summed E-state index contributed by atoms with van der Waals surface area (Å²) in [5.74, 6) is -1.12. The molecule has 4 rings (SSSR count). The summed E-state index contributed by atoms with van der Waals surface area (Å²) in [6.07, 6.45) is 3.98. The molecule has 0 amide bonds. The maximum atomic E-state index is 13.9. The fourth-order valence-corrected chi connectivity index (χ4v) is 3.92. The number of aryl methyl sites for hydroxylation is 1. The monoisotopic (exact) mass is 403 g/mol. The van der Waals surface area contributed by atoms with Gasteiger partial charge in [-0.05, 0) is 38.0 Å². The van der Waals surface area contributed by atoms with Crippen LogP contribution in [0.25, 0.3) is 10.6 Å². The van der Waals surface area contributed by atoms with E-state index in [9.17, 15) is 8.78 Å². The van der Waals surface area contributed by atoms with Crippen molar-refractivity contribution in [2.24, 2.45) is 0 Å². The third kappa shape index (κ3) is 4.26. The Labute approximate surface area is 165 Å². The lowest BCUT2D eigenvalue weighted by molar-refractivity contribution is 0.120. The second kappa shape index (κ2) is 8.15. The van der Waals surface area contributed by atoms with Gasteiger partial charge < -0.3 is 15.4 Å². The van der Waals surface area contributed by atoms with Crippen molar-refractivity contribution in [3.05, 3.63) is 47.8 Å². The number of thiazole rings is 1. The van der Waals surface area contributed by atoms with Crippen LogP contribution in [0.15, 0.2) is 30.5 Å². The molecule has 6 nitrogen and oxygen atoms in total. The number of nitrogens with one attached hydrogen (secondary N) is 2. The highest BCUT2D eigenvalue weighted by Gasteiger charge is 2.17. The summed E-state index contributed by atoms with van der Waals surface area (Å²) >= 11 is 1.50. The van der Waals surface area contributed by atoms with E-state index in [4.69, 9.17) is 4.74 Å². The second-order valence-electron chi connectivity index (χ2n) is 6.46. The summed E-state index contributed by atoms with van der Waals surface area (Å²) in [7, 11) is 0. The van der Waals surface area contributed by atoms with Crippen LogP contribution in [0, 0.1) is 18.6 Å². The molecule has 1 aliphatic rings. The third-order valence-electron chi connectivity index (χ3n) is 4.37. The second-order valence-corrected chi connectivity index (χ2v) is 7.46. The normalized spacial score (nSPS) is 16.3. The SMILES string of the molecule is Cc1nc(NCC2CCCO2)sc1-c1ccnc(Nc2ccc(F)cc2F)n1. The Bertz CT molecular complexity index is 975. The molecule has 28 heavy (non-hydrogen) atoms. The Hall–Kier alpha value is -2.65. The summed E-state index contributed by atoms with van der Waals surface area (Å²) in [6, 6.07) is 5.07. The van der Waals surface area contributed by atoms with E-state index in [0.717, 1.165) is 47.8 Å². The van der Waals surface area contributed by atoms with Crippen molar-refractivity contribution in [1.29, 1.82) is 0 Å². The molecule has 1 aromatic carbocycles. The van der Waals surface area contributed by atoms with Crippen molar-refractivity contribution in [3.8, 4) is 10.6 Å².